The van der Waals surface area contributed by atoms with E-state index in [1.54, 1.807) is 6.07 Å². The molecule has 0 fully saturated rings. The van der Waals surface area contributed by atoms with Crippen molar-refractivity contribution in [2.45, 2.75) is 25.7 Å². The van der Waals surface area contributed by atoms with Crippen LogP contribution in [0.4, 0.5) is 5.69 Å². The molecule has 5 nitrogen and oxygen atoms in total. The number of carbonyl (C=O) groups excluding carboxylic acids is 1. The van der Waals surface area contributed by atoms with Crippen LogP contribution in [0.5, 0.6) is 0 Å². The van der Waals surface area contributed by atoms with Crippen LogP contribution in [0.25, 0.3) is 0 Å². The molecule has 1 aliphatic rings. The van der Waals surface area contributed by atoms with Crippen molar-refractivity contribution in [3.05, 3.63) is 29.3 Å². The number of nitrogens with zero attached hydrogens (tertiary/aromatic N) is 1. The Hall–Kier alpha value is -2.13. The lowest BCUT2D eigenvalue weighted by Crippen LogP contribution is -2.43. The van der Waals surface area contributed by atoms with Crippen LogP contribution in [0.15, 0.2) is 18.2 Å². The highest BCUT2D eigenvalue weighted by molar-refractivity contribution is 7.80. The highest BCUT2D eigenvalue weighted by atomic mass is 32.1. The van der Waals surface area contributed by atoms with Crippen LogP contribution in [0.3, 0.4) is 0 Å². The third-order valence-electron chi connectivity index (χ3n) is 2.91. The van der Waals surface area contributed by atoms with E-state index in [0.29, 0.717) is 5.11 Å². The number of anilines is 1. The van der Waals surface area contributed by atoms with E-state index in [1.165, 1.54) is 17.5 Å². The van der Waals surface area contributed by atoms with Crippen LogP contribution in [0.1, 0.15) is 24.0 Å². The number of nitrogens with one attached hydrogen (secondary N) is 3. The van der Waals surface area contributed by atoms with Crippen molar-refractivity contribution >= 4 is 28.9 Å². The zero-order chi connectivity index (χ0) is 13.7. The summed E-state index contributed by atoms with van der Waals surface area (Å²) in [5, 5.41) is 11.6. The van der Waals surface area contributed by atoms with Crippen molar-refractivity contribution in [2.75, 3.05) is 5.32 Å². The number of benzene rings is 1. The molecule has 6 heteroatoms. The van der Waals surface area contributed by atoms with Crippen molar-refractivity contribution in [3.8, 4) is 6.07 Å². The first-order chi connectivity index (χ1) is 9.19. The van der Waals surface area contributed by atoms with Crippen LogP contribution >= 0.6 is 12.2 Å². The minimum absolute atomic E-state index is 0.200. The third kappa shape index (κ3) is 3.66. The van der Waals surface area contributed by atoms with Gasteiger partial charge in [0.15, 0.2) is 5.11 Å². The summed E-state index contributed by atoms with van der Waals surface area (Å²) >= 11 is 5.05. The molecule has 1 aromatic rings. The zero-order valence-electron chi connectivity index (χ0n) is 10.3. The van der Waals surface area contributed by atoms with Gasteiger partial charge in [-0.1, -0.05) is 6.07 Å². The van der Waals surface area contributed by atoms with Gasteiger partial charge in [-0.25, -0.2) is 0 Å². The molecule has 0 heterocycles. The molecule has 0 aliphatic heterocycles. The van der Waals surface area contributed by atoms with Gasteiger partial charge in [0.2, 0.25) is 0 Å². The molecule has 1 aromatic carbocycles. The minimum Gasteiger partial charge on any atom is -0.331 e. The Morgan fingerprint density at radius 3 is 2.89 bits per heavy atom. The molecular weight excluding hydrogens is 260 g/mol. The largest absolute Gasteiger partial charge is 0.331 e. The van der Waals surface area contributed by atoms with E-state index in [0.717, 1.165) is 18.5 Å². The zero-order valence-corrected chi connectivity index (χ0v) is 11.1. The molecule has 0 saturated carbocycles. The molecule has 0 saturated heterocycles. The lowest BCUT2D eigenvalue weighted by Gasteiger charge is -2.11. The van der Waals surface area contributed by atoms with E-state index in [2.05, 4.69) is 28.3 Å². The number of rotatable bonds is 2. The monoisotopic (exact) mass is 274 g/mol. The topological polar surface area (TPSA) is 77.0 Å². The summed E-state index contributed by atoms with van der Waals surface area (Å²) in [6.45, 7) is 0. The molecule has 19 heavy (non-hydrogen) atoms. The van der Waals surface area contributed by atoms with Crippen LogP contribution in [0.2, 0.25) is 0 Å². The molecule has 0 unspecified atom stereocenters. The second-order valence-electron chi connectivity index (χ2n) is 4.30. The highest BCUT2D eigenvalue weighted by Gasteiger charge is 2.11. The Bertz CT molecular complexity index is 550. The number of amides is 1. The molecule has 0 atom stereocenters. The van der Waals surface area contributed by atoms with E-state index < -0.39 is 5.91 Å². The number of nitriles is 1. The van der Waals surface area contributed by atoms with Crippen LogP contribution in [0, 0.1) is 11.3 Å². The molecule has 0 radical (unpaired) electrons. The highest BCUT2D eigenvalue weighted by Crippen LogP contribution is 2.24. The summed E-state index contributed by atoms with van der Waals surface area (Å²) in [6, 6.07) is 7.90. The van der Waals surface area contributed by atoms with Gasteiger partial charge in [0.05, 0.1) is 6.07 Å². The van der Waals surface area contributed by atoms with Gasteiger partial charge in [-0.05, 0) is 54.7 Å². The first-order valence-corrected chi connectivity index (χ1v) is 6.44. The molecule has 1 aliphatic carbocycles. The quantitative estimate of drug-likeness (QED) is 0.561. The van der Waals surface area contributed by atoms with E-state index in [4.69, 9.17) is 17.5 Å². The van der Waals surface area contributed by atoms with Gasteiger partial charge < -0.3 is 5.32 Å². The summed E-state index contributed by atoms with van der Waals surface area (Å²) < 4.78 is 0. The summed E-state index contributed by atoms with van der Waals surface area (Å²) in [5.74, 6) is -0.416. The van der Waals surface area contributed by atoms with Crippen molar-refractivity contribution in [1.29, 1.82) is 5.26 Å². The number of hydrazine groups is 1. The molecular formula is C13H14N4OS. The van der Waals surface area contributed by atoms with Crippen molar-refractivity contribution in [2.24, 2.45) is 0 Å². The maximum absolute atomic E-state index is 11.1. The first kappa shape index (κ1) is 13.3. The average Bonchev–Trinajstić information content (AvgIpc) is 2.84. The van der Waals surface area contributed by atoms with Crippen molar-refractivity contribution < 1.29 is 4.79 Å². The van der Waals surface area contributed by atoms with E-state index >= 15 is 0 Å². The molecule has 0 bridgehead atoms. The maximum Gasteiger partial charge on any atom is 0.252 e. The van der Waals surface area contributed by atoms with Gasteiger partial charge in [-0.2, -0.15) is 5.26 Å². The van der Waals surface area contributed by atoms with Gasteiger partial charge >= 0.3 is 0 Å². The second-order valence-corrected chi connectivity index (χ2v) is 4.71. The molecule has 3 N–H and O–H groups in total. The molecule has 0 aromatic heterocycles. The molecule has 98 valence electrons. The first-order valence-electron chi connectivity index (χ1n) is 6.03. The summed E-state index contributed by atoms with van der Waals surface area (Å²) in [6.07, 6.45) is 3.24. The van der Waals surface area contributed by atoms with E-state index in [-0.39, 0.29) is 6.42 Å². The fraction of sp³-hybridized carbons (Fsp3) is 0.308. The van der Waals surface area contributed by atoms with Gasteiger partial charge in [0.1, 0.15) is 6.42 Å². The molecule has 2 rings (SSSR count). The predicted octanol–water partition coefficient (Wildman–Crippen LogP) is 1.41. The second kappa shape index (κ2) is 6.16. The van der Waals surface area contributed by atoms with Gasteiger partial charge in [0.25, 0.3) is 5.91 Å². The lowest BCUT2D eigenvalue weighted by atomic mass is 10.1. The fourth-order valence-electron chi connectivity index (χ4n) is 2.05. The number of hydrogen-bond acceptors (Lipinski definition) is 3. The van der Waals surface area contributed by atoms with Crippen molar-refractivity contribution in [1.82, 2.24) is 10.9 Å². The van der Waals surface area contributed by atoms with Crippen molar-refractivity contribution in [3.63, 3.8) is 0 Å². The van der Waals surface area contributed by atoms with E-state index in [9.17, 15) is 4.79 Å². The van der Waals surface area contributed by atoms with E-state index in [1.807, 2.05) is 6.07 Å². The summed E-state index contributed by atoms with van der Waals surface area (Å²) in [5.41, 5.74) is 8.53. The van der Waals surface area contributed by atoms with Crippen LogP contribution in [-0.2, 0) is 17.6 Å². The Morgan fingerprint density at radius 2 is 2.11 bits per heavy atom. The molecule has 1 amide bonds. The number of thiocarbonyl (C=S) groups is 1. The SMILES string of the molecule is N#CCC(=O)NNC(=S)Nc1ccc2c(c1)CCC2. The minimum atomic E-state index is -0.416. The number of fused-ring (bicyclic) bond motifs is 1. The van der Waals surface area contributed by atoms with Gasteiger partial charge in [-0.3, -0.25) is 15.6 Å². The van der Waals surface area contributed by atoms with Crippen LogP contribution < -0.4 is 16.2 Å². The average molecular weight is 274 g/mol. The predicted molar refractivity (Wildman–Crippen MR) is 76.2 cm³/mol. The number of aryl methyl sites for hydroxylation is 2. The fourth-order valence-corrected chi connectivity index (χ4v) is 2.22. The Balaban J connectivity index is 1.86. The van der Waals surface area contributed by atoms with Gasteiger partial charge in [-0.15, -0.1) is 0 Å². The van der Waals surface area contributed by atoms with Gasteiger partial charge in [0, 0.05) is 5.69 Å². The summed E-state index contributed by atoms with van der Waals surface area (Å²) in [4.78, 5) is 11.1. The maximum atomic E-state index is 11.1. The van der Waals surface area contributed by atoms with Crippen LogP contribution in [-0.4, -0.2) is 11.0 Å². The molecule has 0 spiro atoms. The Morgan fingerprint density at radius 1 is 1.32 bits per heavy atom. The number of carbonyl (C=O) groups is 1. The Kier molecular flexibility index (Phi) is 4.31. The normalized spacial score (nSPS) is 12.2. The number of hydrogen-bond donors (Lipinski definition) is 3. The standard InChI is InChI=1S/C13H14N4OS/c14-7-6-12(18)16-17-13(19)15-11-5-4-9-2-1-3-10(9)8-11/h4-5,8H,1-3,6H2,(H,16,18)(H2,15,17,19). The smallest absolute Gasteiger partial charge is 0.252 e. The lowest BCUT2D eigenvalue weighted by molar-refractivity contribution is -0.120. The Labute approximate surface area is 117 Å². The third-order valence-corrected chi connectivity index (χ3v) is 3.12. The summed E-state index contributed by atoms with van der Waals surface area (Å²) in [7, 11) is 0.